The summed E-state index contributed by atoms with van der Waals surface area (Å²) >= 11 is 0. The van der Waals surface area contributed by atoms with Crippen molar-refractivity contribution in [2.45, 2.75) is 83.3 Å². The molecule has 0 bridgehead atoms. The monoisotopic (exact) mass is 328 g/mol. The van der Waals surface area contributed by atoms with Crippen molar-refractivity contribution < 1.29 is 24.2 Å². The molecule has 1 saturated heterocycles. The van der Waals surface area contributed by atoms with Crippen LogP contribution in [0.5, 0.6) is 0 Å². The van der Waals surface area contributed by atoms with E-state index in [9.17, 15) is 14.7 Å². The Morgan fingerprint density at radius 2 is 2.04 bits per heavy atom. The van der Waals surface area contributed by atoms with E-state index in [-0.39, 0.29) is 12.1 Å². The minimum absolute atomic E-state index is 0.255. The van der Waals surface area contributed by atoms with Gasteiger partial charge in [-0.3, -0.25) is 4.90 Å². The molecule has 7 heteroatoms. The van der Waals surface area contributed by atoms with E-state index in [1.807, 2.05) is 13.8 Å². The number of hydrogen-bond acceptors (Lipinski definition) is 5. The second-order valence-electron chi connectivity index (χ2n) is 8.04. The third kappa shape index (κ3) is 4.73. The minimum atomic E-state index is -0.581. The summed E-state index contributed by atoms with van der Waals surface area (Å²) in [5, 5.41) is 12.8. The van der Waals surface area contributed by atoms with E-state index in [4.69, 9.17) is 9.47 Å². The Kier molecular flexibility index (Phi) is 4.80. The summed E-state index contributed by atoms with van der Waals surface area (Å²) in [7, 11) is 0. The second-order valence-corrected chi connectivity index (χ2v) is 8.04. The number of nitrogens with one attached hydrogen (secondary N) is 1. The third-order valence-corrected chi connectivity index (χ3v) is 4.04. The van der Waals surface area contributed by atoms with Gasteiger partial charge in [0.1, 0.15) is 11.2 Å². The number of aliphatic hydroxyl groups excluding tert-OH is 1. The molecule has 23 heavy (non-hydrogen) atoms. The molecular weight excluding hydrogens is 300 g/mol. The molecule has 2 fully saturated rings. The lowest BCUT2D eigenvalue weighted by atomic mass is 9.87. The van der Waals surface area contributed by atoms with Gasteiger partial charge >= 0.3 is 12.2 Å². The van der Waals surface area contributed by atoms with E-state index >= 15 is 0 Å². The highest BCUT2D eigenvalue weighted by atomic mass is 16.6. The molecule has 3 unspecified atom stereocenters. The lowest BCUT2D eigenvalue weighted by molar-refractivity contribution is 0.0318. The van der Waals surface area contributed by atoms with Gasteiger partial charge in [-0.25, -0.2) is 9.59 Å². The molecule has 3 atom stereocenters. The molecular formula is C16H28N2O5. The van der Waals surface area contributed by atoms with Gasteiger partial charge in [0.25, 0.3) is 0 Å². The summed E-state index contributed by atoms with van der Waals surface area (Å²) in [4.78, 5) is 25.8. The Labute approximate surface area is 137 Å². The zero-order chi connectivity index (χ0) is 17.4. The molecule has 7 nitrogen and oxygen atoms in total. The van der Waals surface area contributed by atoms with E-state index in [2.05, 4.69) is 5.32 Å². The average molecular weight is 328 g/mol. The zero-order valence-corrected chi connectivity index (χ0v) is 14.6. The predicted molar refractivity (Wildman–Crippen MR) is 84.1 cm³/mol. The number of aliphatic hydroxyl groups is 1. The first-order valence-corrected chi connectivity index (χ1v) is 8.14. The van der Waals surface area contributed by atoms with E-state index in [1.165, 1.54) is 0 Å². The van der Waals surface area contributed by atoms with Crippen LogP contribution in [0.15, 0.2) is 0 Å². The Balaban J connectivity index is 2.08. The molecule has 0 spiro atoms. The van der Waals surface area contributed by atoms with Crippen molar-refractivity contribution in [2.75, 3.05) is 6.54 Å². The highest BCUT2D eigenvalue weighted by molar-refractivity contribution is 5.72. The largest absolute Gasteiger partial charge is 0.444 e. The van der Waals surface area contributed by atoms with E-state index < -0.39 is 29.5 Å². The van der Waals surface area contributed by atoms with Crippen LogP contribution in [0.3, 0.4) is 0 Å². The molecule has 2 aliphatic rings. The van der Waals surface area contributed by atoms with Gasteiger partial charge in [-0.2, -0.15) is 0 Å². The van der Waals surface area contributed by atoms with Crippen LogP contribution in [0.1, 0.15) is 53.9 Å². The van der Waals surface area contributed by atoms with Crippen LogP contribution in [0.25, 0.3) is 0 Å². The maximum absolute atomic E-state index is 12.1. The van der Waals surface area contributed by atoms with Crippen LogP contribution in [0.4, 0.5) is 9.59 Å². The topological polar surface area (TPSA) is 88.1 Å². The fourth-order valence-electron chi connectivity index (χ4n) is 3.15. The van der Waals surface area contributed by atoms with Gasteiger partial charge in [-0.1, -0.05) is 0 Å². The summed E-state index contributed by atoms with van der Waals surface area (Å²) < 4.78 is 10.6. The number of amides is 2. The smallest absolute Gasteiger partial charge is 0.410 e. The average Bonchev–Trinajstić information content (AvgIpc) is 2.62. The number of cyclic esters (lactones) is 1. The molecule has 0 radical (unpaired) electrons. The van der Waals surface area contributed by atoms with Crippen molar-refractivity contribution >= 4 is 12.2 Å². The van der Waals surface area contributed by atoms with Crippen molar-refractivity contribution in [2.24, 2.45) is 0 Å². The SMILES string of the molecule is CC(C)(C)OC(=O)NC1CCC(O)CC1N1CC(C)(C)OC1=O. The fraction of sp³-hybridized carbons (Fsp3) is 0.875. The number of rotatable bonds is 2. The number of nitrogens with zero attached hydrogens (tertiary/aromatic N) is 1. The quantitative estimate of drug-likeness (QED) is 0.810. The standard InChI is InChI=1S/C16H28N2O5/c1-15(2,3)22-13(20)17-11-7-6-10(19)8-12(11)18-9-16(4,5)23-14(18)21/h10-12,19H,6-9H2,1-5H3,(H,17,20). The lowest BCUT2D eigenvalue weighted by Crippen LogP contribution is -2.56. The second kappa shape index (κ2) is 6.19. The Morgan fingerprint density at radius 1 is 1.39 bits per heavy atom. The molecule has 0 aromatic heterocycles. The summed E-state index contributed by atoms with van der Waals surface area (Å²) in [5.74, 6) is 0. The van der Waals surface area contributed by atoms with Gasteiger partial charge in [-0.15, -0.1) is 0 Å². The number of carbonyl (C=O) groups excluding carboxylic acids is 2. The third-order valence-electron chi connectivity index (χ3n) is 4.04. The number of carbonyl (C=O) groups is 2. The molecule has 1 aliphatic carbocycles. The van der Waals surface area contributed by atoms with Crippen molar-refractivity contribution in [1.82, 2.24) is 10.2 Å². The molecule has 2 rings (SSSR count). The summed E-state index contributed by atoms with van der Waals surface area (Å²) in [6.07, 6.45) is 0.221. The Bertz CT molecular complexity index is 472. The predicted octanol–water partition coefficient (Wildman–Crippen LogP) is 2.02. The summed E-state index contributed by atoms with van der Waals surface area (Å²) in [6, 6.07) is -0.546. The number of hydrogen-bond donors (Lipinski definition) is 2. The molecule has 1 aliphatic heterocycles. The zero-order valence-electron chi connectivity index (χ0n) is 14.6. The van der Waals surface area contributed by atoms with Gasteiger partial charge in [0, 0.05) is 0 Å². The number of alkyl carbamates (subject to hydrolysis) is 1. The first-order chi connectivity index (χ1) is 10.5. The van der Waals surface area contributed by atoms with Crippen molar-refractivity contribution in [3.8, 4) is 0 Å². The van der Waals surface area contributed by atoms with Crippen molar-refractivity contribution in [3.05, 3.63) is 0 Å². The normalized spacial score (nSPS) is 30.8. The van der Waals surface area contributed by atoms with Gasteiger partial charge in [0.2, 0.25) is 0 Å². The minimum Gasteiger partial charge on any atom is -0.444 e. The summed E-state index contributed by atoms with van der Waals surface area (Å²) in [5.41, 5.74) is -1.14. The highest BCUT2D eigenvalue weighted by Crippen LogP contribution is 2.31. The number of ether oxygens (including phenoxy) is 2. The van der Waals surface area contributed by atoms with Crippen molar-refractivity contribution in [3.63, 3.8) is 0 Å². The van der Waals surface area contributed by atoms with E-state index in [0.29, 0.717) is 25.8 Å². The van der Waals surface area contributed by atoms with Gasteiger partial charge < -0.3 is 19.9 Å². The molecule has 1 saturated carbocycles. The van der Waals surface area contributed by atoms with Crippen LogP contribution in [0.2, 0.25) is 0 Å². The highest BCUT2D eigenvalue weighted by Gasteiger charge is 2.45. The van der Waals surface area contributed by atoms with Crippen LogP contribution < -0.4 is 5.32 Å². The molecule has 132 valence electrons. The molecule has 2 N–H and O–H groups in total. The van der Waals surface area contributed by atoms with Crippen LogP contribution in [-0.4, -0.2) is 58.1 Å². The molecule has 1 heterocycles. The molecule has 0 aromatic rings. The maximum atomic E-state index is 12.1. The van der Waals surface area contributed by atoms with Crippen molar-refractivity contribution in [1.29, 1.82) is 0 Å². The van der Waals surface area contributed by atoms with Gasteiger partial charge in [-0.05, 0) is 53.9 Å². The van der Waals surface area contributed by atoms with Crippen LogP contribution in [0, 0.1) is 0 Å². The van der Waals surface area contributed by atoms with Crippen LogP contribution >= 0.6 is 0 Å². The lowest BCUT2D eigenvalue weighted by Gasteiger charge is -2.39. The van der Waals surface area contributed by atoms with E-state index in [0.717, 1.165) is 0 Å². The van der Waals surface area contributed by atoms with E-state index in [1.54, 1.807) is 25.7 Å². The molecule has 2 amide bonds. The first-order valence-electron chi connectivity index (χ1n) is 8.14. The Morgan fingerprint density at radius 3 is 2.57 bits per heavy atom. The fourth-order valence-corrected chi connectivity index (χ4v) is 3.15. The first kappa shape index (κ1) is 17.8. The maximum Gasteiger partial charge on any atom is 0.410 e. The summed E-state index contributed by atoms with van der Waals surface area (Å²) in [6.45, 7) is 9.54. The van der Waals surface area contributed by atoms with Gasteiger partial charge in [0.15, 0.2) is 0 Å². The molecule has 0 aromatic carbocycles. The van der Waals surface area contributed by atoms with Gasteiger partial charge in [0.05, 0.1) is 24.7 Å². The van der Waals surface area contributed by atoms with Crippen LogP contribution in [-0.2, 0) is 9.47 Å². The Hall–Kier alpha value is -1.50.